The van der Waals surface area contributed by atoms with Crippen molar-refractivity contribution in [2.45, 2.75) is 18.3 Å². The number of Topliss-reactive ketones (excluding diaryl/α,β-unsaturated/α-hetero) is 1. The molecule has 2 fully saturated rings. The van der Waals surface area contributed by atoms with Crippen LogP contribution in [0.1, 0.15) is 29.5 Å². The highest BCUT2D eigenvalue weighted by Gasteiger charge is 2.54. The highest BCUT2D eigenvalue weighted by atomic mass is 16.5. The summed E-state index contributed by atoms with van der Waals surface area (Å²) in [5.74, 6) is 1.94. The van der Waals surface area contributed by atoms with Crippen molar-refractivity contribution in [2.24, 2.45) is 17.6 Å². The number of nitrogens with zero attached hydrogens (tertiary/aromatic N) is 1. The van der Waals surface area contributed by atoms with Gasteiger partial charge >= 0.3 is 0 Å². The molecular weight excluding hydrogens is 408 g/mol. The van der Waals surface area contributed by atoms with Gasteiger partial charge in [-0.25, -0.2) is 0 Å². The van der Waals surface area contributed by atoms with Gasteiger partial charge in [-0.2, -0.15) is 0 Å². The molecule has 0 spiro atoms. The number of rotatable bonds is 5. The van der Waals surface area contributed by atoms with Crippen LogP contribution in [0.2, 0.25) is 0 Å². The van der Waals surface area contributed by atoms with Crippen LogP contribution in [0, 0.1) is 11.8 Å². The van der Waals surface area contributed by atoms with E-state index in [1.54, 1.807) is 7.11 Å². The first-order valence-electron chi connectivity index (χ1n) is 11.6. The first-order chi connectivity index (χ1) is 16.1. The number of hydrogen-bond donors (Lipinski definition) is 1. The molecule has 2 atom stereocenters. The summed E-state index contributed by atoms with van der Waals surface area (Å²) >= 11 is 0. The van der Waals surface area contributed by atoms with Crippen molar-refractivity contribution >= 4 is 11.9 Å². The maximum atomic E-state index is 13.1. The summed E-state index contributed by atoms with van der Waals surface area (Å²) in [6, 6.07) is 29.3. The highest BCUT2D eigenvalue weighted by Crippen LogP contribution is 2.52. The summed E-state index contributed by atoms with van der Waals surface area (Å²) in [7, 11) is 1.67. The lowest BCUT2D eigenvalue weighted by Gasteiger charge is -2.45. The second kappa shape index (κ2) is 8.78. The normalized spacial score (nSPS) is 22.2. The maximum Gasteiger partial charge on any atom is 0.138 e. The zero-order chi connectivity index (χ0) is 22.8. The number of likely N-dealkylation sites (tertiary alicyclic amines) is 1. The molecule has 3 aromatic rings. The second-order valence-corrected chi connectivity index (χ2v) is 9.10. The predicted octanol–water partition coefficient (Wildman–Crippen LogP) is 4.85. The van der Waals surface area contributed by atoms with Crippen molar-refractivity contribution in [3.63, 3.8) is 0 Å². The Bertz CT molecular complexity index is 1120. The van der Waals surface area contributed by atoms with Gasteiger partial charge in [-0.15, -0.1) is 0 Å². The van der Waals surface area contributed by atoms with Crippen LogP contribution in [-0.2, 0) is 10.2 Å². The van der Waals surface area contributed by atoms with E-state index in [1.807, 2.05) is 30.3 Å². The van der Waals surface area contributed by atoms with Gasteiger partial charge in [0.05, 0.1) is 12.9 Å². The molecule has 4 nitrogen and oxygen atoms in total. The van der Waals surface area contributed by atoms with E-state index in [4.69, 9.17) is 10.5 Å². The number of methoxy groups -OCH3 is 1. The van der Waals surface area contributed by atoms with E-state index in [1.165, 1.54) is 11.1 Å². The van der Waals surface area contributed by atoms with Crippen LogP contribution >= 0.6 is 0 Å². The van der Waals surface area contributed by atoms with Crippen molar-refractivity contribution in [1.82, 2.24) is 4.90 Å². The average Bonchev–Trinajstić information content (AvgIpc) is 3.33. The van der Waals surface area contributed by atoms with E-state index < -0.39 is 0 Å². The van der Waals surface area contributed by atoms with E-state index >= 15 is 0 Å². The molecule has 0 radical (unpaired) electrons. The molecule has 2 unspecified atom stereocenters. The Balaban J connectivity index is 1.56. The SMILES string of the molecule is COc1ccccc1C=C(N)N1CC2C(=O)CCC(c3ccccc3)(c3ccccc3)C2C1. The lowest BCUT2D eigenvalue weighted by molar-refractivity contribution is -0.126. The fraction of sp³-hybridized carbons (Fsp3) is 0.276. The van der Waals surface area contributed by atoms with Gasteiger partial charge in [0.2, 0.25) is 0 Å². The van der Waals surface area contributed by atoms with Gasteiger partial charge in [0.15, 0.2) is 0 Å². The smallest absolute Gasteiger partial charge is 0.138 e. The molecule has 2 N–H and O–H groups in total. The molecule has 168 valence electrons. The van der Waals surface area contributed by atoms with Gasteiger partial charge in [0, 0.05) is 42.3 Å². The van der Waals surface area contributed by atoms with Crippen LogP contribution in [0.3, 0.4) is 0 Å². The average molecular weight is 439 g/mol. The summed E-state index contributed by atoms with van der Waals surface area (Å²) in [6.07, 6.45) is 3.38. The molecule has 1 saturated heterocycles. The lowest BCUT2D eigenvalue weighted by atomic mass is 9.56. The van der Waals surface area contributed by atoms with E-state index in [0.717, 1.165) is 24.3 Å². The molecule has 4 heteroatoms. The molecule has 33 heavy (non-hydrogen) atoms. The third-order valence-electron chi connectivity index (χ3n) is 7.52. The van der Waals surface area contributed by atoms with Gasteiger partial charge in [0.25, 0.3) is 0 Å². The van der Waals surface area contributed by atoms with Crippen LogP contribution in [0.25, 0.3) is 6.08 Å². The molecule has 2 aliphatic rings. The number of benzene rings is 3. The molecule has 1 saturated carbocycles. The monoisotopic (exact) mass is 438 g/mol. The number of fused-ring (bicyclic) bond motifs is 1. The minimum atomic E-state index is -0.208. The first kappa shape index (κ1) is 21.3. The Hall–Kier alpha value is -3.53. The fourth-order valence-corrected chi connectivity index (χ4v) is 5.92. The van der Waals surface area contributed by atoms with Crippen molar-refractivity contribution in [2.75, 3.05) is 20.2 Å². The van der Waals surface area contributed by atoms with Gasteiger partial charge in [-0.1, -0.05) is 78.9 Å². The number of ether oxygens (including phenoxy) is 1. The summed E-state index contributed by atoms with van der Waals surface area (Å²) in [6.45, 7) is 1.40. The summed E-state index contributed by atoms with van der Waals surface area (Å²) in [4.78, 5) is 15.3. The van der Waals surface area contributed by atoms with Crippen LogP contribution in [0.5, 0.6) is 5.75 Å². The summed E-state index contributed by atoms with van der Waals surface area (Å²) in [5, 5.41) is 0. The Kier molecular flexibility index (Phi) is 5.67. The highest BCUT2D eigenvalue weighted by molar-refractivity contribution is 5.84. The molecule has 3 aromatic carbocycles. The van der Waals surface area contributed by atoms with Gasteiger partial charge in [0.1, 0.15) is 11.5 Å². The van der Waals surface area contributed by atoms with Crippen molar-refractivity contribution in [3.05, 3.63) is 107 Å². The molecule has 0 aromatic heterocycles. The van der Waals surface area contributed by atoms with Crippen molar-refractivity contribution in [3.8, 4) is 5.75 Å². The standard InChI is InChI=1S/C29H30N2O2/c1-33-27-15-9-8-10-21(27)18-28(30)31-19-24-25(20-31)29(17-16-26(24)32,22-11-4-2-5-12-22)23-13-6-3-7-14-23/h2-15,18,24-25H,16-17,19-20,30H2,1H3. The third kappa shape index (κ3) is 3.70. The number of para-hydroxylation sites is 1. The Morgan fingerprint density at radius 3 is 2.18 bits per heavy atom. The molecule has 1 aliphatic heterocycles. The van der Waals surface area contributed by atoms with Gasteiger partial charge < -0.3 is 15.4 Å². The molecule has 1 heterocycles. The Morgan fingerprint density at radius 1 is 0.939 bits per heavy atom. The third-order valence-corrected chi connectivity index (χ3v) is 7.52. The van der Waals surface area contributed by atoms with E-state index in [-0.39, 0.29) is 17.3 Å². The largest absolute Gasteiger partial charge is 0.496 e. The minimum Gasteiger partial charge on any atom is -0.496 e. The zero-order valence-corrected chi connectivity index (χ0v) is 19.0. The van der Waals surface area contributed by atoms with Gasteiger partial charge in [-0.3, -0.25) is 4.79 Å². The molecule has 0 bridgehead atoms. The van der Waals surface area contributed by atoms with E-state index in [9.17, 15) is 4.79 Å². The number of ketones is 1. The number of hydrogen-bond acceptors (Lipinski definition) is 4. The van der Waals surface area contributed by atoms with Crippen LogP contribution < -0.4 is 10.5 Å². The van der Waals surface area contributed by atoms with Crippen LogP contribution in [0.4, 0.5) is 0 Å². The number of carbonyl (C=O) groups excluding carboxylic acids is 1. The number of carbonyl (C=O) groups is 1. The summed E-state index contributed by atoms with van der Waals surface area (Å²) < 4.78 is 5.50. The second-order valence-electron chi connectivity index (χ2n) is 9.10. The molecule has 1 aliphatic carbocycles. The van der Waals surface area contributed by atoms with Crippen LogP contribution in [0.15, 0.2) is 90.8 Å². The maximum absolute atomic E-state index is 13.1. The van der Waals surface area contributed by atoms with Crippen molar-refractivity contribution < 1.29 is 9.53 Å². The van der Waals surface area contributed by atoms with Crippen molar-refractivity contribution in [1.29, 1.82) is 0 Å². The Morgan fingerprint density at radius 2 is 1.55 bits per heavy atom. The molecule has 5 rings (SSSR count). The Labute approximate surface area is 195 Å². The molecular formula is C29H30N2O2. The quantitative estimate of drug-likeness (QED) is 0.619. The zero-order valence-electron chi connectivity index (χ0n) is 19.0. The van der Waals surface area contributed by atoms with Crippen LogP contribution in [-0.4, -0.2) is 30.9 Å². The summed E-state index contributed by atoms with van der Waals surface area (Å²) in [5.41, 5.74) is 9.92. The number of nitrogens with two attached hydrogens (primary N) is 1. The fourth-order valence-electron chi connectivity index (χ4n) is 5.92. The topological polar surface area (TPSA) is 55.6 Å². The first-order valence-corrected chi connectivity index (χ1v) is 11.6. The van der Waals surface area contributed by atoms with Gasteiger partial charge in [-0.05, 0) is 29.7 Å². The predicted molar refractivity (Wildman–Crippen MR) is 132 cm³/mol. The lowest BCUT2D eigenvalue weighted by Crippen LogP contribution is -2.47. The molecule has 0 amide bonds. The van der Waals surface area contributed by atoms with E-state index in [2.05, 4.69) is 65.6 Å². The minimum absolute atomic E-state index is 0.0382. The van der Waals surface area contributed by atoms with E-state index in [0.29, 0.717) is 24.6 Å².